The highest BCUT2D eigenvalue weighted by molar-refractivity contribution is 7.91. The molecule has 0 spiro atoms. The van der Waals surface area contributed by atoms with Crippen molar-refractivity contribution in [2.75, 3.05) is 0 Å². The highest BCUT2D eigenvalue weighted by atomic mass is 32.2. The van der Waals surface area contributed by atoms with Gasteiger partial charge in [0.15, 0.2) is 0 Å². The fourth-order valence-corrected chi connectivity index (χ4v) is 3.71. The SMILES string of the molecule is C/C(=N\[S+]([O-])C(C)(C)C)c1cc2c(cnn2-c2ccccc2)s1. The van der Waals surface area contributed by atoms with Gasteiger partial charge in [-0.1, -0.05) is 22.6 Å². The Bertz CT molecular complexity index is 844. The summed E-state index contributed by atoms with van der Waals surface area (Å²) in [6.45, 7) is 7.70. The summed E-state index contributed by atoms with van der Waals surface area (Å²) >= 11 is 0.378. The molecule has 1 atom stereocenters. The number of fused-ring (bicyclic) bond motifs is 1. The predicted molar refractivity (Wildman–Crippen MR) is 99.1 cm³/mol. The number of nitrogens with zero attached hydrogens (tertiary/aromatic N) is 3. The van der Waals surface area contributed by atoms with E-state index in [-0.39, 0.29) is 4.75 Å². The molecule has 0 fully saturated rings. The summed E-state index contributed by atoms with van der Waals surface area (Å²) in [4.78, 5) is 1.03. The van der Waals surface area contributed by atoms with Crippen LogP contribution in [-0.2, 0) is 11.4 Å². The molecule has 2 heterocycles. The predicted octanol–water partition coefficient (Wildman–Crippen LogP) is 4.36. The van der Waals surface area contributed by atoms with Crippen LogP contribution in [0, 0.1) is 0 Å². The van der Waals surface area contributed by atoms with E-state index in [2.05, 4.69) is 15.6 Å². The van der Waals surface area contributed by atoms with Crippen molar-refractivity contribution in [3.8, 4) is 5.69 Å². The molecule has 0 bridgehead atoms. The summed E-state index contributed by atoms with van der Waals surface area (Å²) in [7, 11) is 0. The van der Waals surface area contributed by atoms with E-state index in [0.29, 0.717) is 0 Å². The van der Waals surface area contributed by atoms with E-state index in [1.54, 1.807) is 11.3 Å². The molecule has 0 aliphatic carbocycles. The van der Waals surface area contributed by atoms with Crippen LogP contribution in [0.25, 0.3) is 15.9 Å². The van der Waals surface area contributed by atoms with E-state index in [4.69, 9.17) is 0 Å². The Labute approximate surface area is 143 Å². The van der Waals surface area contributed by atoms with E-state index >= 15 is 0 Å². The first-order chi connectivity index (χ1) is 10.9. The van der Waals surface area contributed by atoms with Gasteiger partial charge in [-0.2, -0.15) is 5.10 Å². The highest BCUT2D eigenvalue weighted by Crippen LogP contribution is 2.29. The van der Waals surface area contributed by atoms with Gasteiger partial charge < -0.3 is 4.55 Å². The normalized spacial score (nSPS) is 14.4. The fraction of sp³-hybridized carbons (Fsp3) is 0.294. The zero-order valence-electron chi connectivity index (χ0n) is 13.6. The van der Waals surface area contributed by atoms with Crippen molar-refractivity contribution in [1.29, 1.82) is 0 Å². The number of aromatic nitrogens is 2. The van der Waals surface area contributed by atoms with E-state index in [1.165, 1.54) is 0 Å². The Morgan fingerprint density at radius 1 is 1.26 bits per heavy atom. The van der Waals surface area contributed by atoms with Crippen molar-refractivity contribution in [3.05, 3.63) is 47.5 Å². The van der Waals surface area contributed by atoms with Gasteiger partial charge in [0.2, 0.25) is 0 Å². The summed E-state index contributed by atoms with van der Waals surface area (Å²) in [6, 6.07) is 12.1. The van der Waals surface area contributed by atoms with Crippen molar-refractivity contribution < 1.29 is 4.55 Å². The van der Waals surface area contributed by atoms with Crippen LogP contribution in [0.3, 0.4) is 0 Å². The van der Waals surface area contributed by atoms with Crippen molar-refractivity contribution in [3.63, 3.8) is 0 Å². The van der Waals surface area contributed by atoms with Gasteiger partial charge in [0.25, 0.3) is 0 Å². The second-order valence-electron chi connectivity index (χ2n) is 6.29. The molecule has 0 saturated carbocycles. The molecule has 4 nitrogen and oxygen atoms in total. The van der Waals surface area contributed by atoms with Crippen molar-refractivity contribution in [2.45, 2.75) is 32.4 Å². The van der Waals surface area contributed by atoms with E-state index in [0.717, 1.165) is 26.5 Å². The molecule has 6 heteroatoms. The standard InChI is InChI=1S/C17H19N3OS2/c1-12(19-23(21)17(2,3)4)15-10-14-16(22-15)11-18-20(14)13-8-6-5-7-9-13/h5-11H,1-4H3/b19-12+. The van der Waals surface area contributed by atoms with Crippen LogP contribution in [0.2, 0.25) is 0 Å². The second kappa shape index (κ2) is 6.11. The van der Waals surface area contributed by atoms with Crippen LogP contribution in [-0.4, -0.2) is 24.8 Å². The van der Waals surface area contributed by atoms with Crippen molar-refractivity contribution in [1.82, 2.24) is 9.78 Å². The monoisotopic (exact) mass is 345 g/mol. The Morgan fingerprint density at radius 2 is 1.96 bits per heavy atom. The van der Waals surface area contributed by atoms with Crippen molar-refractivity contribution >= 4 is 38.6 Å². The van der Waals surface area contributed by atoms with Gasteiger partial charge in [-0.05, 0) is 45.9 Å². The number of hydrogen-bond donors (Lipinski definition) is 0. The molecule has 120 valence electrons. The Hall–Kier alpha value is -1.63. The zero-order chi connectivity index (χ0) is 16.6. The molecular weight excluding hydrogens is 326 g/mol. The number of rotatable bonds is 3. The summed E-state index contributed by atoms with van der Waals surface area (Å²) in [5, 5.41) is 4.45. The Kier molecular flexibility index (Phi) is 4.31. The maximum Gasteiger partial charge on any atom is 0.144 e. The molecule has 2 aromatic heterocycles. The molecule has 3 rings (SSSR count). The first-order valence-electron chi connectivity index (χ1n) is 7.37. The molecular formula is C17H19N3OS2. The van der Waals surface area contributed by atoms with E-state index in [1.807, 2.05) is 68.9 Å². The zero-order valence-corrected chi connectivity index (χ0v) is 15.2. The van der Waals surface area contributed by atoms with Gasteiger partial charge in [0.05, 0.1) is 27.0 Å². The highest BCUT2D eigenvalue weighted by Gasteiger charge is 2.27. The molecule has 0 amide bonds. The number of thiophene rings is 1. The minimum absolute atomic E-state index is 0.348. The largest absolute Gasteiger partial charge is 0.591 e. The molecule has 0 saturated heterocycles. The van der Waals surface area contributed by atoms with E-state index < -0.39 is 11.4 Å². The van der Waals surface area contributed by atoms with Gasteiger partial charge in [-0.25, -0.2) is 4.68 Å². The third-order valence-electron chi connectivity index (χ3n) is 3.36. The van der Waals surface area contributed by atoms with Crippen LogP contribution in [0.15, 0.2) is 47.0 Å². The van der Waals surface area contributed by atoms with Gasteiger partial charge in [0.1, 0.15) is 21.8 Å². The van der Waals surface area contributed by atoms with Gasteiger partial charge in [-0.15, -0.1) is 11.3 Å². The van der Waals surface area contributed by atoms with Crippen LogP contribution in [0.5, 0.6) is 0 Å². The number of benzene rings is 1. The number of hydrogen-bond acceptors (Lipinski definition) is 4. The lowest BCUT2D eigenvalue weighted by molar-refractivity contribution is 0.561. The molecule has 0 radical (unpaired) electrons. The molecule has 23 heavy (non-hydrogen) atoms. The first kappa shape index (κ1) is 16.2. The number of para-hydroxylation sites is 1. The maximum atomic E-state index is 12.2. The summed E-state index contributed by atoms with van der Waals surface area (Å²) in [5.74, 6) is 0. The van der Waals surface area contributed by atoms with Gasteiger partial charge in [0, 0.05) is 0 Å². The quantitative estimate of drug-likeness (QED) is 0.523. The minimum atomic E-state index is -1.25. The average molecular weight is 345 g/mol. The molecule has 0 aliphatic rings. The van der Waals surface area contributed by atoms with Crippen molar-refractivity contribution in [2.24, 2.45) is 4.40 Å². The van der Waals surface area contributed by atoms with Gasteiger partial charge >= 0.3 is 0 Å². The molecule has 1 unspecified atom stereocenters. The third-order valence-corrected chi connectivity index (χ3v) is 6.01. The van der Waals surface area contributed by atoms with Crippen LogP contribution < -0.4 is 0 Å². The Morgan fingerprint density at radius 3 is 2.61 bits per heavy atom. The Balaban J connectivity index is 1.99. The lowest BCUT2D eigenvalue weighted by Gasteiger charge is -2.18. The van der Waals surface area contributed by atoms with Crippen LogP contribution >= 0.6 is 11.3 Å². The fourth-order valence-electron chi connectivity index (χ4n) is 2.09. The topological polar surface area (TPSA) is 53.2 Å². The second-order valence-corrected chi connectivity index (χ2v) is 9.28. The molecule has 1 aromatic carbocycles. The van der Waals surface area contributed by atoms with E-state index in [9.17, 15) is 4.55 Å². The molecule has 0 aliphatic heterocycles. The summed E-state index contributed by atoms with van der Waals surface area (Å²) < 4.78 is 19.2. The third kappa shape index (κ3) is 3.34. The summed E-state index contributed by atoms with van der Waals surface area (Å²) in [6.07, 6.45) is 1.87. The smallest absolute Gasteiger partial charge is 0.144 e. The minimum Gasteiger partial charge on any atom is -0.591 e. The lowest BCUT2D eigenvalue weighted by atomic mass is 10.3. The molecule has 3 aromatic rings. The lowest BCUT2D eigenvalue weighted by Crippen LogP contribution is -2.26. The van der Waals surface area contributed by atoms with Crippen LogP contribution in [0.1, 0.15) is 32.6 Å². The van der Waals surface area contributed by atoms with Gasteiger partial charge in [-0.3, -0.25) is 0 Å². The first-order valence-corrected chi connectivity index (χ1v) is 9.29. The molecule has 0 N–H and O–H groups in total. The average Bonchev–Trinajstić information content (AvgIpc) is 3.07. The summed E-state index contributed by atoms with van der Waals surface area (Å²) in [5.41, 5.74) is 2.88. The van der Waals surface area contributed by atoms with Crippen LogP contribution in [0.4, 0.5) is 0 Å². The maximum absolute atomic E-state index is 12.2.